The highest BCUT2D eigenvalue weighted by atomic mass is 19.1. The number of morpholine rings is 1. The Morgan fingerprint density at radius 3 is 3.11 bits per heavy atom. The fraction of sp³-hybridized carbons (Fsp3) is 0.500. The molecule has 5 nitrogen and oxygen atoms in total. The van der Waals surface area contributed by atoms with Crippen molar-refractivity contribution < 1.29 is 19.0 Å². The van der Waals surface area contributed by atoms with Gasteiger partial charge in [0, 0.05) is 18.8 Å². The lowest BCUT2D eigenvalue weighted by Gasteiger charge is -2.37. The highest BCUT2D eigenvalue weighted by Crippen LogP contribution is 2.24. The first-order chi connectivity index (χ1) is 8.59. The van der Waals surface area contributed by atoms with E-state index in [0.29, 0.717) is 18.7 Å². The Morgan fingerprint density at radius 1 is 1.67 bits per heavy atom. The summed E-state index contributed by atoms with van der Waals surface area (Å²) in [4.78, 5) is 16.7. The molecular weight excluding hydrogens is 239 g/mol. The van der Waals surface area contributed by atoms with E-state index in [0.717, 1.165) is 6.20 Å². The van der Waals surface area contributed by atoms with Gasteiger partial charge >= 0.3 is 5.97 Å². The summed E-state index contributed by atoms with van der Waals surface area (Å²) in [5.41, 5.74) is 0.670. The maximum absolute atomic E-state index is 13.1. The van der Waals surface area contributed by atoms with E-state index >= 15 is 0 Å². The molecule has 1 saturated heterocycles. The third-order valence-corrected chi connectivity index (χ3v) is 3.16. The van der Waals surface area contributed by atoms with Gasteiger partial charge in [0.05, 0.1) is 19.4 Å². The number of nitrogens with zero attached hydrogens (tertiary/aromatic N) is 2. The van der Waals surface area contributed by atoms with Crippen molar-refractivity contribution in [2.24, 2.45) is 0 Å². The minimum absolute atomic E-state index is 0.155. The summed E-state index contributed by atoms with van der Waals surface area (Å²) in [6, 6.07) is 0.474. The topological polar surface area (TPSA) is 62.7 Å². The van der Waals surface area contributed by atoms with Crippen LogP contribution in [0.15, 0.2) is 18.5 Å². The highest BCUT2D eigenvalue weighted by Gasteiger charge is 2.33. The predicted octanol–water partition coefficient (Wildman–Crippen LogP) is 1.07. The largest absolute Gasteiger partial charge is 0.480 e. The molecule has 0 spiro atoms. The van der Waals surface area contributed by atoms with Crippen molar-refractivity contribution in [1.82, 2.24) is 9.88 Å². The van der Waals surface area contributed by atoms with Gasteiger partial charge in [-0.25, -0.2) is 4.39 Å². The SMILES string of the molecule is CC(c1cncc(F)c1)N1CCOCC1C(=O)O. The Balaban J connectivity index is 2.20. The molecule has 1 fully saturated rings. The standard InChI is InChI=1S/C12H15FN2O3/c1-8(9-4-10(13)6-14-5-9)15-2-3-18-7-11(15)12(16)17/h4-6,8,11H,2-3,7H2,1H3,(H,16,17). The lowest BCUT2D eigenvalue weighted by molar-refractivity contribution is -0.151. The number of ether oxygens (including phenoxy) is 1. The Bertz CT molecular complexity index is 441. The van der Waals surface area contributed by atoms with Crippen LogP contribution >= 0.6 is 0 Å². The van der Waals surface area contributed by atoms with Crippen molar-refractivity contribution in [2.75, 3.05) is 19.8 Å². The molecule has 6 heteroatoms. The molecule has 1 aliphatic heterocycles. The Labute approximate surface area is 104 Å². The van der Waals surface area contributed by atoms with Crippen molar-refractivity contribution in [2.45, 2.75) is 19.0 Å². The molecule has 0 bridgehead atoms. The van der Waals surface area contributed by atoms with Gasteiger partial charge in [-0.05, 0) is 18.6 Å². The van der Waals surface area contributed by atoms with Gasteiger partial charge in [0.15, 0.2) is 0 Å². The van der Waals surface area contributed by atoms with Crippen LogP contribution in [0, 0.1) is 5.82 Å². The number of carbonyl (C=O) groups is 1. The second-order valence-electron chi connectivity index (χ2n) is 4.28. The van der Waals surface area contributed by atoms with Crippen molar-refractivity contribution in [1.29, 1.82) is 0 Å². The summed E-state index contributed by atoms with van der Waals surface area (Å²) < 4.78 is 18.3. The van der Waals surface area contributed by atoms with Crippen LogP contribution < -0.4 is 0 Å². The van der Waals surface area contributed by atoms with Gasteiger partial charge in [-0.3, -0.25) is 14.7 Å². The van der Waals surface area contributed by atoms with Gasteiger partial charge in [-0.1, -0.05) is 0 Å². The molecule has 1 N–H and O–H groups in total. The number of hydrogen-bond donors (Lipinski definition) is 1. The molecule has 2 unspecified atom stereocenters. The molecule has 0 saturated carbocycles. The number of aliphatic carboxylic acids is 1. The number of carboxylic acid groups (broad SMARTS) is 1. The first kappa shape index (κ1) is 12.9. The van der Waals surface area contributed by atoms with E-state index in [2.05, 4.69) is 4.98 Å². The summed E-state index contributed by atoms with van der Waals surface area (Å²) in [7, 11) is 0. The zero-order valence-electron chi connectivity index (χ0n) is 10.0. The van der Waals surface area contributed by atoms with Crippen molar-refractivity contribution >= 4 is 5.97 Å². The van der Waals surface area contributed by atoms with E-state index in [4.69, 9.17) is 9.84 Å². The molecule has 0 radical (unpaired) electrons. The van der Waals surface area contributed by atoms with Crippen LogP contribution in [-0.4, -0.2) is 46.8 Å². The average molecular weight is 254 g/mol. The van der Waals surface area contributed by atoms with Gasteiger partial charge in [-0.15, -0.1) is 0 Å². The molecule has 0 aliphatic carbocycles. The molecule has 1 aromatic rings. The molecule has 2 rings (SSSR count). The van der Waals surface area contributed by atoms with Crippen LogP contribution in [-0.2, 0) is 9.53 Å². The van der Waals surface area contributed by atoms with E-state index in [9.17, 15) is 9.18 Å². The summed E-state index contributed by atoms with van der Waals surface area (Å²) in [6.45, 7) is 2.99. The number of aromatic nitrogens is 1. The van der Waals surface area contributed by atoms with Crippen LogP contribution in [0.3, 0.4) is 0 Å². The number of pyridine rings is 1. The first-order valence-electron chi connectivity index (χ1n) is 5.76. The fourth-order valence-electron chi connectivity index (χ4n) is 2.14. The summed E-state index contributed by atoms with van der Waals surface area (Å²) in [5, 5.41) is 9.15. The third-order valence-electron chi connectivity index (χ3n) is 3.16. The van der Waals surface area contributed by atoms with Crippen LogP contribution in [0.2, 0.25) is 0 Å². The first-order valence-corrected chi connectivity index (χ1v) is 5.76. The van der Waals surface area contributed by atoms with E-state index in [-0.39, 0.29) is 12.6 Å². The zero-order valence-corrected chi connectivity index (χ0v) is 10.0. The Morgan fingerprint density at radius 2 is 2.44 bits per heavy atom. The van der Waals surface area contributed by atoms with Crippen molar-refractivity contribution in [3.63, 3.8) is 0 Å². The lowest BCUT2D eigenvalue weighted by Crippen LogP contribution is -2.50. The Hall–Kier alpha value is -1.53. The summed E-state index contributed by atoms with van der Waals surface area (Å²) in [5.74, 6) is -1.34. The molecule has 1 aliphatic rings. The normalized spacial score (nSPS) is 22.7. The highest BCUT2D eigenvalue weighted by molar-refractivity contribution is 5.73. The molecule has 0 amide bonds. The van der Waals surface area contributed by atoms with E-state index in [1.807, 2.05) is 6.92 Å². The zero-order chi connectivity index (χ0) is 13.1. The van der Waals surface area contributed by atoms with E-state index < -0.39 is 17.8 Å². The van der Waals surface area contributed by atoms with Crippen LogP contribution in [0.5, 0.6) is 0 Å². The fourth-order valence-corrected chi connectivity index (χ4v) is 2.14. The summed E-state index contributed by atoms with van der Waals surface area (Å²) in [6.07, 6.45) is 2.69. The van der Waals surface area contributed by atoms with E-state index in [1.54, 1.807) is 11.1 Å². The smallest absolute Gasteiger partial charge is 0.323 e. The molecule has 98 valence electrons. The molecule has 2 atom stereocenters. The monoisotopic (exact) mass is 254 g/mol. The van der Waals surface area contributed by atoms with Crippen LogP contribution in [0.4, 0.5) is 4.39 Å². The minimum Gasteiger partial charge on any atom is -0.480 e. The van der Waals surface area contributed by atoms with Crippen LogP contribution in [0.1, 0.15) is 18.5 Å². The van der Waals surface area contributed by atoms with Crippen LogP contribution in [0.25, 0.3) is 0 Å². The molecular formula is C12H15FN2O3. The molecule has 1 aromatic heterocycles. The van der Waals surface area contributed by atoms with Crippen molar-refractivity contribution in [3.05, 3.63) is 29.8 Å². The number of carboxylic acids is 1. The van der Waals surface area contributed by atoms with Gasteiger partial charge in [0.1, 0.15) is 11.9 Å². The van der Waals surface area contributed by atoms with E-state index in [1.165, 1.54) is 6.07 Å². The number of halogens is 1. The molecule has 0 aromatic carbocycles. The van der Waals surface area contributed by atoms with Gasteiger partial charge in [0.2, 0.25) is 0 Å². The number of hydrogen-bond acceptors (Lipinski definition) is 4. The summed E-state index contributed by atoms with van der Waals surface area (Å²) >= 11 is 0. The maximum Gasteiger partial charge on any atom is 0.323 e. The average Bonchev–Trinajstić information content (AvgIpc) is 2.38. The maximum atomic E-state index is 13.1. The lowest BCUT2D eigenvalue weighted by atomic mass is 10.1. The van der Waals surface area contributed by atoms with Gasteiger partial charge in [-0.2, -0.15) is 0 Å². The predicted molar refractivity (Wildman–Crippen MR) is 61.6 cm³/mol. The second-order valence-corrected chi connectivity index (χ2v) is 4.28. The molecule has 2 heterocycles. The number of rotatable bonds is 3. The van der Waals surface area contributed by atoms with Gasteiger partial charge < -0.3 is 9.84 Å². The van der Waals surface area contributed by atoms with Crippen molar-refractivity contribution in [3.8, 4) is 0 Å². The third kappa shape index (κ3) is 2.65. The molecule has 18 heavy (non-hydrogen) atoms. The minimum atomic E-state index is -0.925. The second kappa shape index (κ2) is 5.41. The quantitative estimate of drug-likeness (QED) is 0.874. The Kier molecular flexibility index (Phi) is 3.88. The van der Waals surface area contributed by atoms with Gasteiger partial charge in [0.25, 0.3) is 0 Å².